The average Bonchev–Trinajstić information content (AvgIpc) is 3.74. The van der Waals surface area contributed by atoms with Crippen LogP contribution in [0.15, 0.2) is 199 Å². The Morgan fingerprint density at radius 3 is 1.61 bits per heavy atom. The second kappa shape index (κ2) is 11.9. The highest BCUT2D eigenvalue weighted by Gasteiger charge is 2.23. The zero-order valence-corrected chi connectivity index (χ0v) is 27.8. The van der Waals surface area contributed by atoms with Crippen molar-refractivity contribution in [1.29, 1.82) is 0 Å². The van der Waals surface area contributed by atoms with Crippen LogP contribution in [-0.2, 0) is 0 Å². The minimum atomic E-state index is 0.887. The van der Waals surface area contributed by atoms with Crippen molar-refractivity contribution in [3.05, 3.63) is 194 Å². The highest BCUT2D eigenvalue weighted by atomic mass is 16.3. The van der Waals surface area contributed by atoms with E-state index in [1.54, 1.807) is 0 Å². The molecule has 0 fully saturated rings. The molecule has 0 bridgehead atoms. The van der Waals surface area contributed by atoms with Crippen LogP contribution in [0.4, 0.5) is 17.1 Å². The quantitative estimate of drug-likeness (QED) is 0.178. The minimum Gasteiger partial charge on any atom is -0.456 e. The van der Waals surface area contributed by atoms with Crippen molar-refractivity contribution in [2.45, 2.75) is 0 Å². The van der Waals surface area contributed by atoms with E-state index in [1.807, 2.05) is 6.07 Å². The summed E-state index contributed by atoms with van der Waals surface area (Å²) in [6.07, 6.45) is 0. The van der Waals surface area contributed by atoms with Crippen LogP contribution < -0.4 is 4.90 Å². The Morgan fingerprint density at radius 1 is 0.373 bits per heavy atom. The standard InChI is InChI=1S/C48H32N2O/c1-4-14-33(15-5-1)34-24-26-37(27-25-34)49(36-18-8-3-9-19-36)38-28-30-39(31-29-38)50-42-22-12-10-20-40(42)47-43(50)32-45-48(41-21-11-13-23-44(41)51-45)46(47)35-16-6-2-7-17-35/h1-32H. The van der Waals surface area contributed by atoms with Crippen LogP contribution in [0.2, 0.25) is 0 Å². The van der Waals surface area contributed by atoms with Gasteiger partial charge in [0.25, 0.3) is 0 Å². The zero-order valence-electron chi connectivity index (χ0n) is 27.8. The van der Waals surface area contributed by atoms with Crippen molar-refractivity contribution in [3.63, 3.8) is 0 Å². The smallest absolute Gasteiger partial charge is 0.138 e. The molecule has 3 nitrogen and oxygen atoms in total. The normalized spacial score (nSPS) is 11.5. The van der Waals surface area contributed by atoms with E-state index in [1.165, 1.54) is 33.0 Å². The zero-order chi connectivity index (χ0) is 33.7. The monoisotopic (exact) mass is 652 g/mol. The first-order valence-electron chi connectivity index (χ1n) is 17.4. The summed E-state index contributed by atoms with van der Waals surface area (Å²) >= 11 is 0. The van der Waals surface area contributed by atoms with Gasteiger partial charge >= 0.3 is 0 Å². The lowest BCUT2D eigenvalue weighted by Gasteiger charge is -2.26. The molecule has 0 saturated heterocycles. The van der Waals surface area contributed by atoms with E-state index in [4.69, 9.17) is 4.42 Å². The fraction of sp³-hybridized carbons (Fsp3) is 0. The molecule has 8 aromatic carbocycles. The summed E-state index contributed by atoms with van der Waals surface area (Å²) in [5.41, 5.74) is 13.2. The molecular formula is C48H32N2O. The molecule has 0 aliphatic heterocycles. The maximum absolute atomic E-state index is 6.57. The molecule has 0 atom stereocenters. The van der Waals surface area contributed by atoms with Gasteiger partial charge in [-0.15, -0.1) is 0 Å². The fourth-order valence-electron chi connectivity index (χ4n) is 7.71. The van der Waals surface area contributed by atoms with E-state index < -0.39 is 0 Å². The second-order valence-electron chi connectivity index (χ2n) is 12.9. The summed E-state index contributed by atoms with van der Waals surface area (Å²) in [4.78, 5) is 2.32. The third-order valence-corrected chi connectivity index (χ3v) is 9.98. The molecule has 2 aromatic heterocycles. The van der Waals surface area contributed by atoms with E-state index in [2.05, 4.69) is 198 Å². The molecule has 0 aliphatic rings. The largest absolute Gasteiger partial charge is 0.456 e. The maximum atomic E-state index is 6.57. The molecule has 240 valence electrons. The van der Waals surface area contributed by atoms with Gasteiger partial charge in [-0.25, -0.2) is 0 Å². The van der Waals surface area contributed by atoms with Crippen LogP contribution in [0.1, 0.15) is 0 Å². The number of benzene rings is 8. The molecule has 2 heterocycles. The minimum absolute atomic E-state index is 0.887. The lowest BCUT2D eigenvalue weighted by atomic mass is 9.94. The summed E-state index contributed by atoms with van der Waals surface area (Å²) in [6.45, 7) is 0. The Bertz CT molecular complexity index is 2820. The number of aromatic nitrogens is 1. The molecular weight excluding hydrogens is 621 g/mol. The van der Waals surface area contributed by atoms with Crippen molar-refractivity contribution in [2.24, 2.45) is 0 Å². The van der Waals surface area contributed by atoms with Crippen molar-refractivity contribution in [3.8, 4) is 27.9 Å². The van der Waals surface area contributed by atoms with E-state index in [9.17, 15) is 0 Å². The summed E-state index contributed by atoms with van der Waals surface area (Å²) < 4.78 is 8.96. The summed E-state index contributed by atoms with van der Waals surface area (Å²) in [5, 5.41) is 4.72. The van der Waals surface area contributed by atoms with Gasteiger partial charge < -0.3 is 13.9 Å². The molecule has 10 rings (SSSR count). The first kappa shape index (κ1) is 29.1. The lowest BCUT2D eigenvalue weighted by molar-refractivity contribution is 0.669. The van der Waals surface area contributed by atoms with Crippen LogP contribution >= 0.6 is 0 Å². The first-order valence-corrected chi connectivity index (χ1v) is 17.4. The van der Waals surface area contributed by atoms with Gasteiger partial charge in [0.2, 0.25) is 0 Å². The number of para-hydroxylation sites is 3. The highest BCUT2D eigenvalue weighted by molar-refractivity contribution is 6.26. The van der Waals surface area contributed by atoms with E-state index >= 15 is 0 Å². The summed E-state index contributed by atoms with van der Waals surface area (Å²) in [5.74, 6) is 0. The Hall–Kier alpha value is -6.84. The maximum Gasteiger partial charge on any atom is 0.138 e. The molecule has 0 spiro atoms. The predicted molar refractivity (Wildman–Crippen MR) is 214 cm³/mol. The van der Waals surface area contributed by atoms with Crippen LogP contribution in [0, 0.1) is 0 Å². The molecule has 3 heteroatoms. The lowest BCUT2D eigenvalue weighted by Crippen LogP contribution is -2.10. The summed E-state index contributed by atoms with van der Waals surface area (Å²) in [6, 6.07) is 68.9. The van der Waals surface area contributed by atoms with Gasteiger partial charge in [0.05, 0.1) is 11.0 Å². The van der Waals surface area contributed by atoms with E-state index in [-0.39, 0.29) is 0 Å². The van der Waals surface area contributed by atoms with Crippen LogP contribution in [-0.4, -0.2) is 4.57 Å². The van der Waals surface area contributed by atoms with Crippen LogP contribution in [0.25, 0.3) is 71.7 Å². The molecule has 0 amide bonds. The Balaban J connectivity index is 1.16. The number of fused-ring (bicyclic) bond motifs is 6. The fourth-order valence-corrected chi connectivity index (χ4v) is 7.71. The van der Waals surface area contributed by atoms with Crippen molar-refractivity contribution >= 4 is 60.8 Å². The Morgan fingerprint density at radius 2 is 0.902 bits per heavy atom. The van der Waals surface area contributed by atoms with Crippen molar-refractivity contribution in [1.82, 2.24) is 4.57 Å². The molecule has 0 unspecified atom stereocenters. The number of hydrogen-bond donors (Lipinski definition) is 0. The van der Waals surface area contributed by atoms with Gasteiger partial charge in [0.15, 0.2) is 0 Å². The van der Waals surface area contributed by atoms with Gasteiger partial charge in [0.1, 0.15) is 11.2 Å². The molecule has 0 radical (unpaired) electrons. The number of nitrogens with zero attached hydrogens (tertiary/aromatic N) is 2. The SMILES string of the molecule is c1ccc(-c2ccc(N(c3ccccc3)c3ccc(-n4c5ccccc5c5c(-c6ccccc6)c6c(cc54)oc4ccccc46)cc3)cc2)cc1. The van der Waals surface area contributed by atoms with Gasteiger partial charge in [-0.1, -0.05) is 127 Å². The summed E-state index contributed by atoms with van der Waals surface area (Å²) in [7, 11) is 0. The third kappa shape index (κ3) is 4.82. The van der Waals surface area contributed by atoms with Crippen LogP contribution in [0.5, 0.6) is 0 Å². The van der Waals surface area contributed by atoms with E-state index in [0.29, 0.717) is 0 Å². The number of hydrogen-bond acceptors (Lipinski definition) is 2. The van der Waals surface area contributed by atoms with Gasteiger partial charge in [-0.2, -0.15) is 0 Å². The highest BCUT2D eigenvalue weighted by Crippen LogP contribution is 2.46. The van der Waals surface area contributed by atoms with Gasteiger partial charge in [-0.05, 0) is 77.4 Å². The van der Waals surface area contributed by atoms with Gasteiger partial charge in [-0.3, -0.25) is 0 Å². The first-order chi connectivity index (χ1) is 25.3. The van der Waals surface area contributed by atoms with Gasteiger partial charge in [0, 0.05) is 55.9 Å². The Labute approximate surface area is 295 Å². The predicted octanol–water partition coefficient (Wildman–Crippen LogP) is 13.5. The molecule has 0 saturated carbocycles. The molecule has 0 aliphatic carbocycles. The Kier molecular flexibility index (Phi) is 6.81. The molecule has 51 heavy (non-hydrogen) atoms. The topological polar surface area (TPSA) is 21.3 Å². The number of anilines is 3. The second-order valence-corrected chi connectivity index (χ2v) is 12.9. The van der Waals surface area contributed by atoms with Crippen LogP contribution in [0.3, 0.4) is 0 Å². The van der Waals surface area contributed by atoms with Crippen molar-refractivity contribution in [2.75, 3.05) is 4.90 Å². The molecule has 0 N–H and O–H groups in total. The number of furan rings is 1. The average molecular weight is 653 g/mol. The van der Waals surface area contributed by atoms with E-state index in [0.717, 1.165) is 55.7 Å². The molecule has 10 aromatic rings. The number of rotatable bonds is 6. The third-order valence-electron chi connectivity index (χ3n) is 9.98. The van der Waals surface area contributed by atoms with Crippen molar-refractivity contribution < 1.29 is 4.42 Å².